The molecular formula is C9H17N3O2S. The smallest absolute Gasteiger partial charge is 0.188 e. The minimum absolute atomic E-state index is 0.162. The number of guanidine groups is 1. The highest BCUT2D eigenvalue weighted by Gasteiger charge is 2.27. The van der Waals surface area contributed by atoms with Gasteiger partial charge in [0.2, 0.25) is 0 Å². The second-order valence-corrected chi connectivity index (χ2v) is 6.64. The predicted octanol–water partition coefficient (Wildman–Crippen LogP) is -0.512. The molecule has 86 valence electrons. The van der Waals surface area contributed by atoms with Gasteiger partial charge in [-0.25, -0.2) is 8.42 Å². The standard InChI is InChI=1S/C9H17N3O2S/c10-9(12-8-1-2-8)11-5-7-3-4-15(13,14)6-7/h7-8H,1-6H2,(H3,10,11,12). The Morgan fingerprint density at radius 3 is 2.67 bits per heavy atom. The van der Waals surface area contributed by atoms with E-state index in [0.29, 0.717) is 24.3 Å². The Labute approximate surface area is 90.1 Å². The number of hydrogen-bond acceptors (Lipinski definition) is 3. The van der Waals surface area contributed by atoms with Crippen molar-refractivity contribution in [3.05, 3.63) is 0 Å². The Kier molecular flexibility index (Phi) is 2.86. The van der Waals surface area contributed by atoms with Gasteiger partial charge in [0.1, 0.15) is 0 Å². The van der Waals surface area contributed by atoms with E-state index in [1.165, 1.54) is 0 Å². The number of rotatable bonds is 3. The minimum Gasteiger partial charge on any atom is -0.370 e. The second-order valence-electron chi connectivity index (χ2n) is 4.41. The van der Waals surface area contributed by atoms with Crippen LogP contribution in [0.25, 0.3) is 0 Å². The van der Waals surface area contributed by atoms with Gasteiger partial charge in [0.05, 0.1) is 11.5 Å². The third kappa shape index (κ3) is 3.37. The lowest BCUT2D eigenvalue weighted by atomic mass is 10.1. The van der Waals surface area contributed by atoms with Gasteiger partial charge < -0.3 is 11.1 Å². The van der Waals surface area contributed by atoms with Crippen molar-refractivity contribution in [2.24, 2.45) is 16.6 Å². The number of aliphatic imine (C=N–C) groups is 1. The average Bonchev–Trinajstić information content (AvgIpc) is 2.87. The van der Waals surface area contributed by atoms with Gasteiger partial charge in [-0.3, -0.25) is 4.99 Å². The summed E-state index contributed by atoms with van der Waals surface area (Å²) in [7, 11) is -2.78. The summed E-state index contributed by atoms with van der Waals surface area (Å²) < 4.78 is 22.4. The van der Waals surface area contributed by atoms with Crippen molar-refractivity contribution < 1.29 is 8.42 Å². The van der Waals surface area contributed by atoms with Crippen LogP contribution in [0, 0.1) is 5.92 Å². The molecule has 5 nitrogen and oxygen atoms in total. The SMILES string of the molecule is NC(=NCC1CCS(=O)(=O)C1)NC1CC1. The lowest BCUT2D eigenvalue weighted by Gasteiger charge is -2.05. The van der Waals surface area contributed by atoms with E-state index in [1.54, 1.807) is 0 Å². The molecule has 0 amide bonds. The molecule has 1 atom stereocenters. The zero-order chi connectivity index (χ0) is 10.9. The van der Waals surface area contributed by atoms with Crippen molar-refractivity contribution in [3.8, 4) is 0 Å². The summed E-state index contributed by atoms with van der Waals surface area (Å²) in [5.74, 6) is 1.20. The molecule has 3 N–H and O–H groups in total. The Bertz CT molecular complexity index is 360. The fraction of sp³-hybridized carbons (Fsp3) is 0.889. The fourth-order valence-corrected chi connectivity index (χ4v) is 3.58. The first-order chi connectivity index (χ1) is 7.05. The highest BCUT2D eigenvalue weighted by Crippen LogP contribution is 2.19. The van der Waals surface area contributed by atoms with Gasteiger partial charge in [0.25, 0.3) is 0 Å². The van der Waals surface area contributed by atoms with Gasteiger partial charge in [-0.1, -0.05) is 0 Å². The summed E-state index contributed by atoms with van der Waals surface area (Å²) in [4.78, 5) is 4.17. The molecule has 1 aliphatic carbocycles. The predicted molar refractivity (Wildman–Crippen MR) is 59.4 cm³/mol. The molecule has 0 bridgehead atoms. The average molecular weight is 231 g/mol. The molecule has 0 radical (unpaired) electrons. The number of sulfone groups is 1. The fourth-order valence-electron chi connectivity index (χ4n) is 1.73. The normalized spacial score (nSPS) is 30.4. The van der Waals surface area contributed by atoms with E-state index in [9.17, 15) is 8.42 Å². The van der Waals surface area contributed by atoms with Crippen molar-refractivity contribution >= 4 is 15.8 Å². The summed E-state index contributed by atoms with van der Waals surface area (Å²) in [6.45, 7) is 0.533. The molecule has 2 fully saturated rings. The molecule has 2 rings (SSSR count). The van der Waals surface area contributed by atoms with Gasteiger partial charge >= 0.3 is 0 Å². The van der Waals surface area contributed by atoms with Crippen LogP contribution < -0.4 is 11.1 Å². The van der Waals surface area contributed by atoms with Crippen LogP contribution in [-0.2, 0) is 9.84 Å². The summed E-state index contributed by atoms with van der Waals surface area (Å²) in [5.41, 5.74) is 5.65. The molecule has 1 unspecified atom stereocenters. The molecule has 0 aromatic heterocycles. The minimum atomic E-state index is -2.78. The lowest BCUT2D eigenvalue weighted by Crippen LogP contribution is -2.33. The molecule has 0 aromatic rings. The van der Waals surface area contributed by atoms with Gasteiger partial charge in [0, 0.05) is 12.6 Å². The van der Waals surface area contributed by atoms with Crippen molar-refractivity contribution in [2.75, 3.05) is 18.1 Å². The summed E-state index contributed by atoms with van der Waals surface area (Å²) in [6.07, 6.45) is 3.05. The number of nitrogens with one attached hydrogen (secondary N) is 1. The van der Waals surface area contributed by atoms with Crippen LogP contribution in [0.15, 0.2) is 4.99 Å². The van der Waals surface area contributed by atoms with Crippen LogP contribution in [-0.4, -0.2) is 38.5 Å². The largest absolute Gasteiger partial charge is 0.370 e. The Morgan fingerprint density at radius 2 is 2.13 bits per heavy atom. The first-order valence-electron chi connectivity index (χ1n) is 5.32. The highest BCUT2D eigenvalue weighted by molar-refractivity contribution is 7.91. The monoisotopic (exact) mass is 231 g/mol. The molecule has 0 aromatic carbocycles. The Morgan fingerprint density at radius 1 is 1.40 bits per heavy atom. The Balaban J connectivity index is 1.77. The molecule has 1 saturated carbocycles. The van der Waals surface area contributed by atoms with E-state index < -0.39 is 9.84 Å². The summed E-state index contributed by atoms with van der Waals surface area (Å²) in [6, 6.07) is 0.501. The maximum atomic E-state index is 11.2. The van der Waals surface area contributed by atoms with E-state index >= 15 is 0 Å². The summed E-state index contributed by atoms with van der Waals surface area (Å²) >= 11 is 0. The van der Waals surface area contributed by atoms with Crippen molar-refractivity contribution in [1.29, 1.82) is 0 Å². The Hall–Kier alpha value is -0.780. The number of hydrogen-bond donors (Lipinski definition) is 2. The molecule has 0 spiro atoms. The van der Waals surface area contributed by atoms with Gasteiger partial charge in [-0.15, -0.1) is 0 Å². The lowest BCUT2D eigenvalue weighted by molar-refractivity contribution is 0.590. The van der Waals surface area contributed by atoms with Crippen LogP contribution in [0.5, 0.6) is 0 Å². The maximum Gasteiger partial charge on any atom is 0.188 e. The molecule has 1 heterocycles. The van der Waals surface area contributed by atoms with Crippen LogP contribution in [0.4, 0.5) is 0 Å². The molecule has 1 aliphatic heterocycles. The van der Waals surface area contributed by atoms with E-state index in [1.807, 2.05) is 0 Å². The first kappa shape index (κ1) is 10.7. The van der Waals surface area contributed by atoms with E-state index in [4.69, 9.17) is 5.73 Å². The molecule has 6 heteroatoms. The van der Waals surface area contributed by atoms with Gasteiger partial charge in [0.15, 0.2) is 15.8 Å². The molecule has 1 saturated heterocycles. The van der Waals surface area contributed by atoms with E-state index in [2.05, 4.69) is 10.3 Å². The molecule has 15 heavy (non-hydrogen) atoms. The number of nitrogens with zero attached hydrogens (tertiary/aromatic N) is 1. The molecule has 2 aliphatic rings. The quantitative estimate of drug-likeness (QED) is 0.506. The van der Waals surface area contributed by atoms with Crippen molar-refractivity contribution in [1.82, 2.24) is 5.32 Å². The van der Waals surface area contributed by atoms with Crippen LogP contribution in [0.2, 0.25) is 0 Å². The highest BCUT2D eigenvalue weighted by atomic mass is 32.2. The van der Waals surface area contributed by atoms with E-state index in [0.717, 1.165) is 19.3 Å². The summed E-state index contributed by atoms with van der Waals surface area (Å²) in [5, 5.41) is 3.08. The molecular weight excluding hydrogens is 214 g/mol. The third-order valence-electron chi connectivity index (χ3n) is 2.78. The first-order valence-corrected chi connectivity index (χ1v) is 7.14. The zero-order valence-corrected chi connectivity index (χ0v) is 9.46. The van der Waals surface area contributed by atoms with Crippen molar-refractivity contribution in [2.45, 2.75) is 25.3 Å². The van der Waals surface area contributed by atoms with Gasteiger partial charge in [-0.05, 0) is 25.2 Å². The maximum absolute atomic E-state index is 11.2. The number of nitrogens with two attached hydrogens (primary N) is 1. The van der Waals surface area contributed by atoms with Gasteiger partial charge in [-0.2, -0.15) is 0 Å². The van der Waals surface area contributed by atoms with Crippen LogP contribution in [0.3, 0.4) is 0 Å². The van der Waals surface area contributed by atoms with E-state index in [-0.39, 0.29) is 11.7 Å². The topological polar surface area (TPSA) is 84.5 Å². The zero-order valence-electron chi connectivity index (χ0n) is 8.65. The second kappa shape index (κ2) is 4.00. The van der Waals surface area contributed by atoms with Crippen molar-refractivity contribution in [3.63, 3.8) is 0 Å². The van der Waals surface area contributed by atoms with Crippen LogP contribution in [0.1, 0.15) is 19.3 Å². The van der Waals surface area contributed by atoms with Crippen LogP contribution >= 0.6 is 0 Å². The third-order valence-corrected chi connectivity index (χ3v) is 4.61.